The van der Waals surface area contributed by atoms with Gasteiger partial charge in [0.2, 0.25) is 5.88 Å². The summed E-state index contributed by atoms with van der Waals surface area (Å²) in [6.45, 7) is 2.78. The summed E-state index contributed by atoms with van der Waals surface area (Å²) in [4.78, 5) is 30.4. The van der Waals surface area contributed by atoms with Gasteiger partial charge in [-0.3, -0.25) is 19.3 Å². The fraction of sp³-hybridized carbons (Fsp3) is 0.353. The molecule has 7 heteroatoms. The Morgan fingerprint density at radius 2 is 2.29 bits per heavy atom. The van der Waals surface area contributed by atoms with Crippen LogP contribution in [0, 0.1) is 6.92 Å². The van der Waals surface area contributed by atoms with E-state index < -0.39 is 17.1 Å². The summed E-state index contributed by atoms with van der Waals surface area (Å²) < 4.78 is 6.60. The van der Waals surface area contributed by atoms with Gasteiger partial charge in [0.1, 0.15) is 5.56 Å². The van der Waals surface area contributed by atoms with E-state index in [1.54, 1.807) is 6.07 Å². The van der Waals surface area contributed by atoms with Gasteiger partial charge in [0.25, 0.3) is 5.56 Å². The SMILES string of the molecule is Cc1cccc(N=Cc2c(O)n(C[C@@H]3CCCO3)c(=O)[nH]c2=O)c1. The second-order valence-electron chi connectivity index (χ2n) is 5.84. The highest BCUT2D eigenvalue weighted by Gasteiger charge is 2.20. The first kappa shape index (κ1) is 16.2. The van der Waals surface area contributed by atoms with E-state index in [4.69, 9.17) is 4.74 Å². The van der Waals surface area contributed by atoms with Gasteiger partial charge in [0, 0.05) is 12.8 Å². The quantitative estimate of drug-likeness (QED) is 0.830. The lowest BCUT2D eigenvalue weighted by atomic mass is 10.2. The summed E-state index contributed by atoms with van der Waals surface area (Å²) in [7, 11) is 0. The minimum absolute atomic E-state index is 0.0471. The van der Waals surface area contributed by atoms with E-state index in [9.17, 15) is 14.7 Å². The third kappa shape index (κ3) is 3.46. The van der Waals surface area contributed by atoms with Crippen molar-refractivity contribution < 1.29 is 9.84 Å². The smallest absolute Gasteiger partial charge is 0.331 e. The van der Waals surface area contributed by atoms with Crippen LogP contribution in [0.2, 0.25) is 0 Å². The molecule has 2 heterocycles. The number of aromatic nitrogens is 2. The molecule has 0 spiro atoms. The Labute approximate surface area is 138 Å². The molecule has 1 fully saturated rings. The highest BCUT2D eigenvalue weighted by atomic mass is 16.5. The van der Waals surface area contributed by atoms with Crippen LogP contribution in [0.5, 0.6) is 5.88 Å². The van der Waals surface area contributed by atoms with Gasteiger partial charge in [0.15, 0.2) is 0 Å². The number of nitrogens with zero attached hydrogens (tertiary/aromatic N) is 2. The zero-order valence-electron chi connectivity index (χ0n) is 13.4. The predicted molar refractivity (Wildman–Crippen MR) is 90.4 cm³/mol. The summed E-state index contributed by atoms with van der Waals surface area (Å²) in [5, 5.41) is 10.3. The molecule has 0 amide bonds. The molecule has 2 aromatic rings. The van der Waals surface area contributed by atoms with Crippen LogP contribution in [0.4, 0.5) is 5.69 Å². The lowest BCUT2D eigenvalue weighted by molar-refractivity contribution is 0.0934. The second-order valence-corrected chi connectivity index (χ2v) is 5.84. The number of H-pyrrole nitrogens is 1. The molecule has 2 N–H and O–H groups in total. The molecule has 0 unspecified atom stereocenters. The summed E-state index contributed by atoms with van der Waals surface area (Å²) in [6.07, 6.45) is 2.87. The van der Waals surface area contributed by atoms with Crippen LogP contribution in [0.15, 0.2) is 38.8 Å². The Kier molecular flexibility index (Phi) is 4.61. The fourth-order valence-corrected chi connectivity index (χ4v) is 2.70. The summed E-state index contributed by atoms with van der Waals surface area (Å²) in [5.41, 5.74) is 0.323. The van der Waals surface area contributed by atoms with Crippen LogP contribution < -0.4 is 11.2 Å². The van der Waals surface area contributed by atoms with Crippen molar-refractivity contribution in [3.05, 3.63) is 56.2 Å². The Bertz CT molecular complexity index is 876. The maximum absolute atomic E-state index is 12.0. The molecule has 126 valence electrons. The number of rotatable bonds is 4. The van der Waals surface area contributed by atoms with Crippen molar-refractivity contribution in [1.82, 2.24) is 9.55 Å². The molecule has 1 saturated heterocycles. The number of hydrogen-bond acceptors (Lipinski definition) is 5. The first-order valence-corrected chi connectivity index (χ1v) is 7.83. The van der Waals surface area contributed by atoms with Gasteiger partial charge in [0.05, 0.1) is 18.3 Å². The molecule has 1 atom stereocenters. The molecule has 0 bridgehead atoms. The molecule has 24 heavy (non-hydrogen) atoms. The van der Waals surface area contributed by atoms with E-state index in [-0.39, 0.29) is 18.2 Å². The van der Waals surface area contributed by atoms with Crippen molar-refractivity contribution in [1.29, 1.82) is 0 Å². The second kappa shape index (κ2) is 6.84. The van der Waals surface area contributed by atoms with Crippen molar-refractivity contribution >= 4 is 11.9 Å². The Morgan fingerprint density at radius 3 is 3.00 bits per heavy atom. The number of aliphatic imine (C=N–C) groups is 1. The number of aromatic hydroxyl groups is 1. The fourth-order valence-electron chi connectivity index (χ4n) is 2.70. The molecule has 0 saturated carbocycles. The third-order valence-corrected chi connectivity index (χ3v) is 3.96. The Morgan fingerprint density at radius 1 is 1.46 bits per heavy atom. The van der Waals surface area contributed by atoms with Crippen LogP contribution in [-0.2, 0) is 11.3 Å². The van der Waals surface area contributed by atoms with E-state index in [0.29, 0.717) is 12.3 Å². The minimum Gasteiger partial charge on any atom is -0.494 e. The molecule has 7 nitrogen and oxygen atoms in total. The number of aryl methyl sites for hydroxylation is 1. The highest BCUT2D eigenvalue weighted by Crippen LogP contribution is 2.18. The molecular formula is C17H19N3O4. The Balaban J connectivity index is 1.95. The monoisotopic (exact) mass is 329 g/mol. The average molecular weight is 329 g/mol. The minimum atomic E-state index is -0.669. The summed E-state index contributed by atoms with van der Waals surface area (Å²) in [5.74, 6) is -0.393. The molecule has 0 radical (unpaired) electrons. The molecular weight excluding hydrogens is 310 g/mol. The van der Waals surface area contributed by atoms with Gasteiger partial charge in [-0.1, -0.05) is 12.1 Å². The van der Waals surface area contributed by atoms with E-state index in [1.165, 1.54) is 6.21 Å². The summed E-state index contributed by atoms with van der Waals surface area (Å²) in [6, 6.07) is 7.43. The number of benzene rings is 1. The number of aromatic amines is 1. The Hall–Kier alpha value is -2.67. The zero-order chi connectivity index (χ0) is 17.1. The standard InChI is InChI=1S/C17H19N3O4/c1-11-4-2-5-12(8-11)18-9-14-15(21)19-17(23)20(16(14)22)10-13-6-3-7-24-13/h2,4-5,8-9,13,22H,3,6-7,10H2,1H3,(H,19,21,23)/t13-/m0/s1. The maximum Gasteiger partial charge on any atom is 0.331 e. The zero-order valence-corrected chi connectivity index (χ0v) is 13.4. The lowest BCUT2D eigenvalue weighted by Crippen LogP contribution is -2.34. The normalized spacial score (nSPS) is 17.6. The van der Waals surface area contributed by atoms with Crippen molar-refractivity contribution in [2.24, 2.45) is 4.99 Å². The van der Waals surface area contributed by atoms with Gasteiger partial charge >= 0.3 is 5.69 Å². The summed E-state index contributed by atoms with van der Waals surface area (Å²) >= 11 is 0. The van der Waals surface area contributed by atoms with Crippen LogP contribution in [0.3, 0.4) is 0 Å². The number of hydrogen-bond donors (Lipinski definition) is 2. The topological polar surface area (TPSA) is 96.7 Å². The number of nitrogens with one attached hydrogen (secondary N) is 1. The largest absolute Gasteiger partial charge is 0.494 e. The highest BCUT2D eigenvalue weighted by molar-refractivity contribution is 5.84. The molecule has 0 aliphatic carbocycles. The first-order chi connectivity index (χ1) is 11.5. The third-order valence-electron chi connectivity index (χ3n) is 3.96. The maximum atomic E-state index is 12.0. The average Bonchev–Trinajstić information content (AvgIpc) is 3.04. The van der Waals surface area contributed by atoms with Gasteiger partial charge < -0.3 is 9.84 Å². The van der Waals surface area contributed by atoms with Crippen LogP contribution in [-0.4, -0.2) is 33.6 Å². The first-order valence-electron chi connectivity index (χ1n) is 7.83. The van der Waals surface area contributed by atoms with E-state index in [1.807, 2.05) is 25.1 Å². The van der Waals surface area contributed by atoms with Gasteiger partial charge in [-0.2, -0.15) is 0 Å². The van der Waals surface area contributed by atoms with E-state index in [0.717, 1.165) is 23.0 Å². The van der Waals surface area contributed by atoms with Gasteiger partial charge in [-0.15, -0.1) is 0 Å². The van der Waals surface area contributed by atoms with Gasteiger partial charge in [-0.05, 0) is 37.5 Å². The molecule has 1 aromatic heterocycles. The van der Waals surface area contributed by atoms with Crippen LogP contribution >= 0.6 is 0 Å². The van der Waals surface area contributed by atoms with Gasteiger partial charge in [-0.25, -0.2) is 4.79 Å². The van der Waals surface area contributed by atoms with Crippen molar-refractivity contribution in [2.45, 2.75) is 32.4 Å². The lowest BCUT2D eigenvalue weighted by Gasteiger charge is -2.13. The molecule has 1 aromatic carbocycles. The van der Waals surface area contributed by atoms with Crippen LogP contribution in [0.25, 0.3) is 0 Å². The molecule has 3 rings (SSSR count). The van der Waals surface area contributed by atoms with E-state index in [2.05, 4.69) is 9.98 Å². The molecule has 1 aliphatic heterocycles. The number of ether oxygens (including phenoxy) is 1. The van der Waals surface area contributed by atoms with E-state index >= 15 is 0 Å². The van der Waals surface area contributed by atoms with Crippen LogP contribution in [0.1, 0.15) is 24.0 Å². The van der Waals surface area contributed by atoms with Crippen molar-refractivity contribution in [3.8, 4) is 5.88 Å². The van der Waals surface area contributed by atoms with Crippen molar-refractivity contribution in [3.63, 3.8) is 0 Å². The van der Waals surface area contributed by atoms with Crippen molar-refractivity contribution in [2.75, 3.05) is 6.61 Å². The molecule has 1 aliphatic rings. The predicted octanol–water partition coefficient (Wildman–Crippen LogP) is 1.48.